The number of hydrogen-bond acceptors (Lipinski definition) is 6. The lowest BCUT2D eigenvalue weighted by atomic mass is 10.1. The normalized spacial score (nSPS) is 14.1. The highest BCUT2D eigenvalue weighted by atomic mass is 19.1. The predicted octanol–water partition coefficient (Wildman–Crippen LogP) is 6.18. The molecule has 8 nitrogen and oxygen atoms in total. The summed E-state index contributed by atoms with van der Waals surface area (Å²) in [5.74, 6) is 0.149. The van der Waals surface area contributed by atoms with Gasteiger partial charge in [0, 0.05) is 36.3 Å². The van der Waals surface area contributed by atoms with Crippen LogP contribution in [0.4, 0.5) is 8.78 Å². The minimum absolute atomic E-state index is 0.185. The van der Waals surface area contributed by atoms with Gasteiger partial charge in [-0.05, 0) is 55.1 Å². The summed E-state index contributed by atoms with van der Waals surface area (Å²) in [5.41, 5.74) is 4.31. The van der Waals surface area contributed by atoms with Crippen molar-refractivity contribution >= 4 is 21.9 Å². The number of aromatic nitrogens is 7. The van der Waals surface area contributed by atoms with Crippen LogP contribution in [0.2, 0.25) is 0 Å². The number of pyridine rings is 3. The number of hydrogen-bond donors (Lipinski definition) is 3. The van der Waals surface area contributed by atoms with Crippen molar-refractivity contribution in [2.75, 3.05) is 6.54 Å². The SMILES string of the molecule is Fc1ccccc1-c1nccc2[nH]c(-c3n[nH]c4cnc(-c5cncc(CNCC6CCCC6)c5)c(F)c34)nc12. The summed E-state index contributed by atoms with van der Waals surface area (Å²) in [6.45, 7) is 1.64. The van der Waals surface area contributed by atoms with E-state index in [4.69, 9.17) is 0 Å². The molecule has 0 aliphatic heterocycles. The van der Waals surface area contributed by atoms with Crippen molar-refractivity contribution in [3.63, 3.8) is 0 Å². The fourth-order valence-corrected chi connectivity index (χ4v) is 5.59. The molecule has 0 amide bonds. The predicted molar refractivity (Wildman–Crippen MR) is 149 cm³/mol. The summed E-state index contributed by atoms with van der Waals surface area (Å²) in [7, 11) is 0. The molecule has 6 aromatic rings. The second kappa shape index (κ2) is 10.2. The Labute approximate surface area is 228 Å². The van der Waals surface area contributed by atoms with E-state index in [0.29, 0.717) is 51.4 Å². The second-order valence-corrected chi connectivity index (χ2v) is 10.3. The molecule has 5 heterocycles. The van der Waals surface area contributed by atoms with Crippen LogP contribution < -0.4 is 5.32 Å². The first-order valence-electron chi connectivity index (χ1n) is 13.4. The molecular weight excluding hydrogens is 510 g/mol. The maximum atomic E-state index is 16.1. The monoisotopic (exact) mass is 536 g/mol. The van der Waals surface area contributed by atoms with Gasteiger partial charge in [0.1, 0.15) is 28.4 Å². The van der Waals surface area contributed by atoms with Gasteiger partial charge in [0.15, 0.2) is 11.6 Å². The molecule has 200 valence electrons. The standard InChI is InChI=1S/C30H26F2N8/c31-21-8-4-3-7-20(21)27-28-22(9-10-35-27)37-30(38-28)29-24-23(39-40-29)16-36-26(25(24)32)19-11-18(14-34-15-19)13-33-12-17-5-1-2-6-17/h3-4,7-11,14-17,33H,1-2,5-6,12-13H2,(H,37,38)(H,39,40). The molecule has 5 aromatic heterocycles. The van der Waals surface area contributed by atoms with Crippen LogP contribution in [0.15, 0.2) is 61.2 Å². The third-order valence-corrected chi connectivity index (χ3v) is 7.60. The maximum absolute atomic E-state index is 16.1. The fourth-order valence-electron chi connectivity index (χ4n) is 5.59. The number of rotatable bonds is 7. The Kier molecular flexibility index (Phi) is 6.24. The molecule has 0 saturated heterocycles. The Morgan fingerprint density at radius 1 is 0.925 bits per heavy atom. The van der Waals surface area contributed by atoms with Crippen molar-refractivity contribution < 1.29 is 8.78 Å². The van der Waals surface area contributed by atoms with Crippen LogP contribution >= 0.6 is 0 Å². The summed E-state index contributed by atoms with van der Waals surface area (Å²) in [6, 6.07) is 10.1. The van der Waals surface area contributed by atoms with Crippen molar-refractivity contribution in [2.24, 2.45) is 5.92 Å². The first kappa shape index (κ1) is 24.5. The molecule has 0 bridgehead atoms. The van der Waals surface area contributed by atoms with Crippen molar-refractivity contribution in [1.29, 1.82) is 0 Å². The van der Waals surface area contributed by atoms with Crippen LogP contribution in [0.5, 0.6) is 0 Å². The summed E-state index contributed by atoms with van der Waals surface area (Å²) < 4.78 is 30.7. The first-order valence-corrected chi connectivity index (χ1v) is 13.4. The zero-order valence-electron chi connectivity index (χ0n) is 21.6. The molecule has 0 unspecified atom stereocenters. The van der Waals surface area contributed by atoms with Gasteiger partial charge in [0.2, 0.25) is 0 Å². The topological polar surface area (TPSA) is 108 Å². The van der Waals surface area contributed by atoms with Crippen LogP contribution in [-0.2, 0) is 6.54 Å². The molecule has 40 heavy (non-hydrogen) atoms. The average molecular weight is 537 g/mol. The zero-order chi connectivity index (χ0) is 27.1. The molecule has 0 spiro atoms. The van der Waals surface area contributed by atoms with Crippen molar-refractivity contribution in [3.05, 3.63) is 78.4 Å². The Bertz CT molecular complexity index is 1840. The first-order chi connectivity index (χ1) is 19.7. The quantitative estimate of drug-likeness (QED) is 0.225. The lowest BCUT2D eigenvalue weighted by Crippen LogP contribution is -2.20. The van der Waals surface area contributed by atoms with Gasteiger partial charge in [-0.15, -0.1) is 0 Å². The highest BCUT2D eigenvalue weighted by Crippen LogP contribution is 2.34. The van der Waals surface area contributed by atoms with E-state index in [9.17, 15) is 4.39 Å². The van der Waals surface area contributed by atoms with Crippen molar-refractivity contribution in [1.82, 2.24) is 40.4 Å². The van der Waals surface area contributed by atoms with E-state index in [1.54, 1.807) is 49.1 Å². The summed E-state index contributed by atoms with van der Waals surface area (Å²) in [6.07, 6.45) is 11.7. The van der Waals surface area contributed by atoms with E-state index in [2.05, 4.69) is 40.4 Å². The molecule has 1 saturated carbocycles. The summed E-state index contributed by atoms with van der Waals surface area (Å²) in [5, 5.41) is 11.0. The fraction of sp³-hybridized carbons (Fsp3) is 0.233. The van der Waals surface area contributed by atoms with Gasteiger partial charge in [-0.2, -0.15) is 5.10 Å². The largest absolute Gasteiger partial charge is 0.336 e. The molecular formula is C30H26F2N8. The van der Waals surface area contributed by atoms with Gasteiger partial charge in [-0.3, -0.25) is 20.1 Å². The van der Waals surface area contributed by atoms with Crippen LogP contribution in [0.25, 0.3) is 56.0 Å². The third-order valence-electron chi connectivity index (χ3n) is 7.60. The summed E-state index contributed by atoms with van der Waals surface area (Å²) in [4.78, 5) is 21.0. The number of halogens is 2. The van der Waals surface area contributed by atoms with Gasteiger partial charge in [0.05, 0.1) is 22.6 Å². The Balaban J connectivity index is 1.24. The van der Waals surface area contributed by atoms with E-state index in [0.717, 1.165) is 18.0 Å². The van der Waals surface area contributed by atoms with E-state index in [-0.39, 0.29) is 11.1 Å². The molecule has 10 heteroatoms. The lowest BCUT2D eigenvalue weighted by molar-refractivity contribution is 0.489. The van der Waals surface area contributed by atoms with Crippen LogP contribution in [0.3, 0.4) is 0 Å². The molecule has 1 fully saturated rings. The minimum Gasteiger partial charge on any atom is -0.336 e. The van der Waals surface area contributed by atoms with Crippen LogP contribution in [-0.4, -0.2) is 41.7 Å². The van der Waals surface area contributed by atoms with Gasteiger partial charge in [-0.1, -0.05) is 25.0 Å². The molecule has 3 N–H and O–H groups in total. The molecule has 7 rings (SSSR count). The Hall–Kier alpha value is -4.57. The number of aromatic amines is 2. The van der Waals surface area contributed by atoms with E-state index in [1.165, 1.54) is 31.7 Å². The third kappa shape index (κ3) is 4.40. The number of nitrogens with one attached hydrogen (secondary N) is 3. The van der Waals surface area contributed by atoms with Gasteiger partial charge in [0.25, 0.3) is 0 Å². The van der Waals surface area contributed by atoms with Gasteiger partial charge < -0.3 is 10.3 Å². The van der Waals surface area contributed by atoms with Crippen LogP contribution in [0, 0.1) is 17.6 Å². The smallest absolute Gasteiger partial charge is 0.161 e. The summed E-state index contributed by atoms with van der Waals surface area (Å²) >= 11 is 0. The number of nitrogens with zero attached hydrogens (tertiary/aromatic N) is 5. The average Bonchev–Trinajstić information content (AvgIpc) is 3.73. The lowest BCUT2D eigenvalue weighted by Gasteiger charge is -2.11. The second-order valence-electron chi connectivity index (χ2n) is 10.3. The number of imidazole rings is 1. The molecule has 0 atom stereocenters. The zero-order valence-corrected chi connectivity index (χ0v) is 21.6. The maximum Gasteiger partial charge on any atom is 0.161 e. The molecule has 1 aromatic carbocycles. The molecule has 0 radical (unpaired) electrons. The Morgan fingerprint density at radius 2 is 1.80 bits per heavy atom. The number of H-pyrrole nitrogens is 2. The highest BCUT2D eigenvalue weighted by molar-refractivity contribution is 5.97. The van der Waals surface area contributed by atoms with Crippen molar-refractivity contribution in [2.45, 2.75) is 32.2 Å². The molecule has 1 aliphatic carbocycles. The van der Waals surface area contributed by atoms with Gasteiger partial charge >= 0.3 is 0 Å². The van der Waals surface area contributed by atoms with Gasteiger partial charge in [-0.25, -0.2) is 13.8 Å². The van der Waals surface area contributed by atoms with E-state index >= 15 is 4.39 Å². The van der Waals surface area contributed by atoms with E-state index in [1.807, 2.05) is 6.07 Å². The van der Waals surface area contributed by atoms with E-state index < -0.39 is 11.6 Å². The number of benzene rings is 1. The Morgan fingerprint density at radius 3 is 2.67 bits per heavy atom. The van der Waals surface area contributed by atoms with Crippen LogP contribution in [0.1, 0.15) is 31.2 Å². The molecule has 1 aliphatic rings. The highest BCUT2D eigenvalue weighted by Gasteiger charge is 2.22. The number of fused-ring (bicyclic) bond motifs is 2. The van der Waals surface area contributed by atoms with Crippen molar-refractivity contribution in [3.8, 4) is 34.0 Å². The minimum atomic E-state index is -0.521.